The Labute approximate surface area is 209 Å². The topological polar surface area (TPSA) is 70.1 Å². The van der Waals surface area contributed by atoms with Crippen molar-refractivity contribution in [3.8, 4) is 5.75 Å². The van der Waals surface area contributed by atoms with Crippen LogP contribution in [0.2, 0.25) is 0 Å². The molecule has 2 aromatic carbocycles. The lowest BCUT2D eigenvalue weighted by atomic mass is 9.85. The maximum Gasteiger partial charge on any atom is 0.295 e. The van der Waals surface area contributed by atoms with E-state index in [1.165, 1.54) is 0 Å². The maximum absolute atomic E-state index is 13.2. The molecule has 3 rings (SSSR count). The minimum absolute atomic E-state index is 0.0220. The van der Waals surface area contributed by atoms with E-state index in [2.05, 4.69) is 20.8 Å². The van der Waals surface area contributed by atoms with Crippen LogP contribution in [-0.4, -0.2) is 59.9 Å². The number of nitrogens with zero attached hydrogens (tertiary/aromatic N) is 2. The highest BCUT2D eigenvalue weighted by Crippen LogP contribution is 2.40. The number of ether oxygens (including phenoxy) is 1. The number of hydrogen-bond donors (Lipinski definition) is 1. The van der Waals surface area contributed by atoms with E-state index in [-0.39, 0.29) is 22.9 Å². The van der Waals surface area contributed by atoms with Crippen LogP contribution in [0.4, 0.5) is 0 Å². The number of hydrogen-bond acceptors (Lipinski definition) is 5. The third kappa shape index (κ3) is 6.12. The van der Waals surface area contributed by atoms with Crippen LogP contribution in [0.1, 0.15) is 63.8 Å². The van der Waals surface area contributed by atoms with Gasteiger partial charge in [0.15, 0.2) is 0 Å². The van der Waals surface area contributed by atoms with Crippen molar-refractivity contribution in [1.82, 2.24) is 9.80 Å². The minimum atomic E-state index is -0.653. The predicted molar refractivity (Wildman–Crippen MR) is 140 cm³/mol. The van der Waals surface area contributed by atoms with Gasteiger partial charge in [-0.15, -0.1) is 0 Å². The molecule has 0 saturated carbocycles. The summed E-state index contributed by atoms with van der Waals surface area (Å²) < 4.78 is 5.69. The Kier molecular flexibility index (Phi) is 8.06. The summed E-state index contributed by atoms with van der Waals surface area (Å²) in [6.07, 6.45) is 0.746. The molecule has 1 atom stereocenters. The quantitative estimate of drug-likeness (QED) is 0.323. The number of benzene rings is 2. The first kappa shape index (κ1) is 26.5. The number of carbonyl (C=O) groups is 2. The Hall–Kier alpha value is -3.12. The van der Waals surface area contributed by atoms with Gasteiger partial charge in [-0.2, -0.15) is 0 Å². The molecule has 6 heteroatoms. The molecule has 0 spiro atoms. The SMILES string of the molecule is CC(C)Oc1ccc(C(O)=C2C(=O)C(=O)N(CCCN(C)C)[C@@H]2c2ccc(C(C)(C)C)cc2)cc1. The first-order valence-electron chi connectivity index (χ1n) is 12.2. The number of rotatable bonds is 8. The van der Waals surface area contributed by atoms with Gasteiger partial charge in [0.1, 0.15) is 11.5 Å². The molecule has 1 N–H and O–H groups in total. The second-order valence-electron chi connectivity index (χ2n) is 10.7. The summed E-state index contributed by atoms with van der Waals surface area (Å²) in [5.41, 5.74) is 2.55. The van der Waals surface area contributed by atoms with E-state index in [9.17, 15) is 14.7 Å². The molecule has 1 heterocycles. The number of aliphatic hydroxyl groups excluding tert-OH is 1. The second-order valence-corrected chi connectivity index (χ2v) is 10.7. The monoisotopic (exact) mass is 478 g/mol. The second kappa shape index (κ2) is 10.6. The van der Waals surface area contributed by atoms with Crippen molar-refractivity contribution in [2.24, 2.45) is 0 Å². The summed E-state index contributed by atoms with van der Waals surface area (Å²) in [5, 5.41) is 11.3. The highest BCUT2D eigenvalue weighted by molar-refractivity contribution is 6.46. The zero-order valence-corrected chi connectivity index (χ0v) is 22.0. The van der Waals surface area contributed by atoms with E-state index >= 15 is 0 Å². The Bertz CT molecular complexity index is 1080. The van der Waals surface area contributed by atoms with E-state index in [1.54, 1.807) is 29.2 Å². The molecule has 2 aromatic rings. The van der Waals surface area contributed by atoms with Gasteiger partial charge in [0.2, 0.25) is 0 Å². The molecule has 0 radical (unpaired) electrons. The van der Waals surface area contributed by atoms with Gasteiger partial charge in [-0.05, 0) is 81.7 Å². The molecule has 1 aliphatic rings. The van der Waals surface area contributed by atoms with Gasteiger partial charge >= 0.3 is 0 Å². The van der Waals surface area contributed by atoms with E-state index in [4.69, 9.17) is 4.74 Å². The molecule has 0 aliphatic carbocycles. The molecule has 1 aliphatic heterocycles. The molecule has 0 unspecified atom stereocenters. The fraction of sp³-hybridized carbons (Fsp3) is 0.448. The highest BCUT2D eigenvalue weighted by atomic mass is 16.5. The Morgan fingerprint density at radius 3 is 2.14 bits per heavy atom. The van der Waals surface area contributed by atoms with Crippen LogP contribution in [0, 0.1) is 0 Å². The summed E-state index contributed by atoms with van der Waals surface area (Å²) in [6.45, 7) is 11.5. The molecule has 0 bridgehead atoms. The van der Waals surface area contributed by atoms with Crippen molar-refractivity contribution in [3.05, 3.63) is 70.8 Å². The van der Waals surface area contributed by atoms with Crippen LogP contribution in [0.25, 0.3) is 5.76 Å². The molecule has 1 saturated heterocycles. The van der Waals surface area contributed by atoms with Crippen molar-refractivity contribution in [3.63, 3.8) is 0 Å². The van der Waals surface area contributed by atoms with E-state index in [0.717, 1.165) is 24.1 Å². The first-order chi connectivity index (χ1) is 16.4. The lowest BCUT2D eigenvalue weighted by Gasteiger charge is -2.27. The number of Topliss-reactive ketones (excluding diaryl/α,β-unsaturated/α-hetero) is 1. The summed E-state index contributed by atoms with van der Waals surface area (Å²) in [7, 11) is 3.95. The smallest absolute Gasteiger partial charge is 0.295 e. The number of likely N-dealkylation sites (tertiary alicyclic amines) is 1. The van der Waals surface area contributed by atoms with E-state index < -0.39 is 17.7 Å². The summed E-state index contributed by atoms with van der Waals surface area (Å²) in [5.74, 6) is -0.718. The highest BCUT2D eigenvalue weighted by Gasteiger charge is 2.45. The predicted octanol–water partition coefficient (Wildman–Crippen LogP) is 5.14. The molecule has 1 amide bonds. The van der Waals surface area contributed by atoms with Crippen molar-refractivity contribution in [2.45, 2.75) is 58.6 Å². The van der Waals surface area contributed by atoms with Crippen molar-refractivity contribution < 1.29 is 19.4 Å². The largest absolute Gasteiger partial charge is 0.507 e. The molecule has 0 aromatic heterocycles. The average Bonchev–Trinajstić information content (AvgIpc) is 3.03. The van der Waals surface area contributed by atoms with Gasteiger partial charge in [0.25, 0.3) is 11.7 Å². The van der Waals surface area contributed by atoms with Crippen molar-refractivity contribution in [1.29, 1.82) is 0 Å². The van der Waals surface area contributed by atoms with Crippen molar-refractivity contribution in [2.75, 3.05) is 27.2 Å². The van der Waals surface area contributed by atoms with Crippen LogP contribution < -0.4 is 4.74 Å². The molecular weight excluding hydrogens is 440 g/mol. The normalized spacial score (nSPS) is 18.1. The zero-order chi connectivity index (χ0) is 25.9. The third-order valence-electron chi connectivity index (χ3n) is 6.14. The first-order valence-corrected chi connectivity index (χ1v) is 12.2. The van der Waals surface area contributed by atoms with Crippen LogP contribution in [0.5, 0.6) is 5.75 Å². The van der Waals surface area contributed by atoms with Crippen LogP contribution in [0.15, 0.2) is 54.1 Å². The van der Waals surface area contributed by atoms with Crippen LogP contribution in [0.3, 0.4) is 0 Å². The van der Waals surface area contributed by atoms with E-state index in [0.29, 0.717) is 17.9 Å². The Balaban J connectivity index is 2.06. The van der Waals surface area contributed by atoms with E-state index in [1.807, 2.05) is 57.1 Å². The van der Waals surface area contributed by atoms with Gasteiger partial charge in [-0.25, -0.2) is 0 Å². The molecule has 188 valence electrons. The number of carbonyl (C=O) groups excluding carboxylic acids is 2. The molecule has 35 heavy (non-hydrogen) atoms. The van der Waals surface area contributed by atoms with Crippen molar-refractivity contribution >= 4 is 17.4 Å². The van der Waals surface area contributed by atoms with Crippen LogP contribution in [-0.2, 0) is 15.0 Å². The maximum atomic E-state index is 13.2. The summed E-state index contributed by atoms with van der Waals surface area (Å²) in [6, 6.07) is 14.3. The lowest BCUT2D eigenvalue weighted by molar-refractivity contribution is -0.139. The van der Waals surface area contributed by atoms with Gasteiger partial charge in [-0.3, -0.25) is 9.59 Å². The van der Waals surface area contributed by atoms with Gasteiger partial charge in [0.05, 0.1) is 17.7 Å². The fourth-order valence-corrected chi connectivity index (χ4v) is 4.30. The summed E-state index contributed by atoms with van der Waals surface area (Å²) >= 11 is 0. The molecule has 6 nitrogen and oxygen atoms in total. The minimum Gasteiger partial charge on any atom is -0.507 e. The number of ketones is 1. The Morgan fingerprint density at radius 1 is 1.03 bits per heavy atom. The number of aliphatic hydroxyl groups is 1. The Morgan fingerprint density at radius 2 is 1.63 bits per heavy atom. The fourth-order valence-electron chi connectivity index (χ4n) is 4.30. The van der Waals surface area contributed by atoms with Crippen LogP contribution >= 0.6 is 0 Å². The number of amides is 1. The third-order valence-corrected chi connectivity index (χ3v) is 6.14. The summed E-state index contributed by atoms with van der Waals surface area (Å²) in [4.78, 5) is 30.0. The zero-order valence-electron chi connectivity index (χ0n) is 22.0. The lowest BCUT2D eigenvalue weighted by Crippen LogP contribution is -2.32. The average molecular weight is 479 g/mol. The standard InChI is InChI=1S/C29H38N2O4/c1-19(2)35-23-15-11-21(12-16-23)26(32)24-25(20-9-13-22(14-10-20)29(3,4)5)31(28(34)27(24)33)18-8-17-30(6)7/h9-16,19,25,32H,8,17-18H2,1-7H3/t25-/m1/s1. The van der Waals surface area contributed by atoms with Gasteiger partial charge in [-0.1, -0.05) is 45.0 Å². The molecular formula is C29H38N2O4. The molecule has 1 fully saturated rings. The van der Waals surface area contributed by atoms with Gasteiger partial charge < -0.3 is 19.6 Å². The van der Waals surface area contributed by atoms with Gasteiger partial charge in [0, 0.05) is 12.1 Å².